The fraction of sp³-hybridized carbons (Fsp3) is 0.400. The van der Waals surface area contributed by atoms with Gasteiger partial charge in [-0.3, -0.25) is 0 Å². The van der Waals surface area contributed by atoms with Crippen LogP contribution in [0.3, 0.4) is 0 Å². The van der Waals surface area contributed by atoms with Gasteiger partial charge in [0, 0.05) is 18.1 Å². The van der Waals surface area contributed by atoms with Crippen LogP contribution in [-0.2, 0) is 10.0 Å². The Morgan fingerprint density at radius 1 is 1.50 bits per heavy atom. The van der Waals surface area contributed by atoms with E-state index in [4.69, 9.17) is 17.3 Å². The molecule has 0 amide bonds. The Hall–Kier alpha value is -0.890. The average Bonchev–Trinajstić information content (AvgIpc) is 2.70. The molecular weight excluding hydrogens is 283 g/mol. The minimum absolute atomic E-state index is 0.0474. The molecule has 5 nitrogen and oxygen atoms in total. The summed E-state index contributed by atoms with van der Waals surface area (Å²) in [4.78, 5) is -0.554. The molecule has 0 saturated carbocycles. The summed E-state index contributed by atoms with van der Waals surface area (Å²) >= 11 is 5.68. The summed E-state index contributed by atoms with van der Waals surface area (Å²) in [6, 6.07) is 2.17. The largest absolute Gasteiger partial charge is 0.396 e. The second-order valence-electron chi connectivity index (χ2n) is 4.11. The number of nitrogens with zero attached hydrogens (tertiary/aromatic N) is 1. The van der Waals surface area contributed by atoms with Crippen molar-refractivity contribution in [1.82, 2.24) is 4.31 Å². The Morgan fingerprint density at radius 2 is 2.17 bits per heavy atom. The summed E-state index contributed by atoms with van der Waals surface area (Å²) in [6.45, 7) is 0.101. The lowest BCUT2D eigenvalue weighted by molar-refractivity contribution is 0.189. The summed E-state index contributed by atoms with van der Waals surface area (Å²) in [5.74, 6) is -1.01. The maximum atomic E-state index is 13.8. The molecule has 1 aliphatic rings. The maximum Gasteiger partial charge on any atom is 0.246 e. The van der Waals surface area contributed by atoms with E-state index in [1.54, 1.807) is 0 Å². The van der Waals surface area contributed by atoms with Gasteiger partial charge in [-0.05, 0) is 18.6 Å². The molecule has 8 heteroatoms. The molecule has 1 saturated heterocycles. The van der Waals surface area contributed by atoms with Gasteiger partial charge in [0.2, 0.25) is 10.0 Å². The van der Waals surface area contributed by atoms with E-state index in [1.807, 2.05) is 0 Å². The molecule has 1 aromatic carbocycles. The minimum atomic E-state index is -4.01. The van der Waals surface area contributed by atoms with Crippen molar-refractivity contribution in [1.29, 1.82) is 0 Å². The van der Waals surface area contributed by atoms with Gasteiger partial charge >= 0.3 is 0 Å². The van der Waals surface area contributed by atoms with Crippen LogP contribution < -0.4 is 5.73 Å². The highest BCUT2D eigenvalue weighted by Gasteiger charge is 2.34. The second-order valence-corrected chi connectivity index (χ2v) is 6.46. The van der Waals surface area contributed by atoms with Gasteiger partial charge < -0.3 is 10.8 Å². The SMILES string of the molecule is Nc1cc(Cl)cc(S(=O)(=O)N2CCC(O)C2)c1F. The van der Waals surface area contributed by atoms with Crippen LogP contribution in [0.15, 0.2) is 17.0 Å². The van der Waals surface area contributed by atoms with E-state index >= 15 is 0 Å². The molecule has 0 bridgehead atoms. The van der Waals surface area contributed by atoms with Gasteiger partial charge in [0.15, 0.2) is 5.82 Å². The van der Waals surface area contributed by atoms with Crippen molar-refractivity contribution in [2.24, 2.45) is 0 Å². The smallest absolute Gasteiger partial charge is 0.246 e. The highest BCUT2D eigenvalue weighted by Crippen LogP contribution is 2.29. The molecule has 1 heterocycles. The van der Waals surface area contributed by atoms with E-state index in [0.29, 0.717) is 6.42 Å². The number of nitrogen functional groups attached to an aromatic ring is 1. The highest BCUT2D eigenvalue weighted by atomic mass is 35.5. The monoisotopic (exact) mass is 294 g/mol. The topological polar surface area (TPSA) is 83.6 Å². The van der Waals surface area contributed by atoms with Crippen LogP contribution >= 0.6 is 11.6 Å². The van der Waals surface area contributed by atoms with Gasteiger partial charge in [0.25, 0.3) is 0 Å². The van der Waals surface area contributed by atoms with Crippen LogP contribution in [0.25, 0.3) is 0 Å². The van der Waals surface area contributed by atoms with Crippen LogP contribution in [-0.4, -0.2) is 37.0 Å². The number of anilines is 1. The van der Waals surface area contributed by atoms with Crippen molar-refractivity contribution in [3.05, 3.63) is 23.0 Å². The van der Waals surface area contributed by atoms with E-state index in [-0.39, 0.29) is 23.8 Å². The predicted molar refractivity (Wildman–Crippen MR) is 65.2 cm³/mol. The van der Waals surface area contributed by atoms with Crippen LogP contribution in [0.5, 0.6) is 0 Å². The van der Waals surface area contributed by atoms with Crippen molar-refractivity contribution < 1.29 is 17.9 Å². The van der Waals surface area contributed by atoms with Crippen LogP contribution in [0.4, 0.5) is 10.1 Å². The van der Waals surface area contributed by atoms with E-state index < -0.39 is 26.8 Å². The van der Waals surface area contributed by atoms with Gasteiger partial charge in [-0.1, -0.05) is 11.6 Å². The van der Waals surface area contributed by atoms with Crippen LogP contribution in [0, 0.1) is 5.82 Å². The molecule has 0 radical (unpaired) electrons. The lowest BCUT2D eigenvalue weighted by atomic mass is 10.3. The molecule has 100 valence electrons. The number of hydrogen-bond acceptors (Lipinski definition) is 4. The molecule has 1 atom stereocenters. The first-order chi connectivity index (χ1) is 8.32. The maximum absolute atomic E-state index is 13.8. The third-order valence-electron chi connectivity index (χ3n) is 2.78. The summed E-state index contributed by atoms with van der Waals surface area (Å²) in [5.41, 5.74) is 5.03. The first-order valence-electron chi connectivity index (χ1n) is 5.25. The lowest BCUT2D eigenvalue weighted by Crippen LogP contribution is -2.30. The summed E-state index contributed by atoms with van der Waals surface area (Å²) < 4.78 is 39.1. The van der Waals surface area contributed by atoms with Gasteiger partial charge in [-0.25, -0.2) is 12.8 Å². The normalized spacial score (nSPS) is 21.4. The molecule has 0 spiro atoms. The van der Waals surface area contributed by atoms with Gasteiger partial charge in [-0.2, -0.15) is 4.31 Å². The number of benzene rings is 1. The Kier molecular flexibility index (Phi) is 3.50. The molecule has 0 aromatic heterocycles. The number of aliphatic hydroxyl groups excluding tert-OH is 1. The minimum Gasteiger partial charge on any atom is -0.396 e. The number of aliphatic hydroxyl groups is 1. The highest BCUT2D eigenvalue weighted by molar-refractivity contribution is 7.89. The number of sulfonamides is 1. The number of hydrogen-bond donors (Lipinski definition) is 2. The van der Waals surface area contributed by atoms with Gasteiger partial charge in [0.05, 0.1) is 11.8 Å². The summed E-state index contributed by atoms with van der Waals surface area (Å²) in [7, 11) is -4.01. The first-order valence-corrected chi connectivity index (χ1v) is 7.07. The number of nitrogens with two attached hydrogens (primary N) is 1. The second kappa shape index (κ2) is 4.65. The Morgan fingerprint density at radius 3 is 2.72 bits per heavy atom. The molecule has 1 unspecified atom stereocenters. The summed E-state index contributed by atoms with van der Waals surface area (Å²) in [6.07, 6.45) is -0.393. The van der Waals surface area contributed by atoms with Crippen molar-refractivity contribution in [2.45, 2.75) is 17.4 Å². The fourth-order valence-electron chi connectivity index (χ4n) is 1.84. The molecular formula is C10H12ClFN2O3S. The molecule has 1 aliphatic heterocycles. The van der Waals surface area contributed by atoms with Crippen LogP contribution in [0.1, 0.15) is 6.42 Å². The molecule has 3 N–H and O–H groups in total. The Bertz CT molecular complexity index is 579. The molecule has 1 fully saturated rings. The molecule has 1 aromatic rings. The zero-order valence-electron chi connectivity index (χ0n) is 9.31. The first kappa shape index (κ1) is 13.5. The van der Waals surface area contributed by atoms with E-state index in [2.05, 4.69) is 0 Å². The molecule has 18 heavy (non-hydrogen) atoms. The summed E-state index contributed by atoms with van der Waals surface area (Å²) in [5, 5.41) is 9.39. The lowest BCUT2D eigenvalue weighted by Gasteiger charge is -2.17. The third kappa shape index (κ3) is 2.31. The zero-order chi connectivity index (χ0) is 13.5. The molecule has 2 rings (SSSR count). The van der Waals surface area contributed by atoms with Crippen molar-refractivity contribution in [2.75, 3.05) is 18.8 Å². The third-order valence-corrected chi connectivity index (χ3v) is 4.86. The van der Waals surface area contributed by atoms with Gasteiger partial charge in [-0.15, -0.1) is 0 Å². The standard InChI is InChI=1S/C10H12ClFN2O3S/c11-6-3-8(13)10(12)9(4-6)18(16,17)14-2-1-7(15)5-14/h3-4,7,15H,1-2,5,13H2. The van der Waals surface area contributed by atoms with E-state index in [0.717, 1.165) is 16.4 Å². The fourth-order valence-corrected chi connectivity index (χ4v) is 3.74. The van der Waals surface area contributed by atoms with Crippen molar-refractivity contribution >= 4 is 27.3 Å². The Balaban J connectivity index is 2.48. The average molecular weight is 295 g/mol. The van der Waals surface area contributed by atoms with E-state index in [9.17, 15) is 17.9 Å². The number of rotatable bonds is 2. The Labute approximate surface area is 109 Å². The predicted octanol–water partition coefficient (Wildman–Crippen LogP) is 0.817. The van der Waals surface area contributed by atoms with E-state index in [1.165, 1.54) is 0 Å². The zero-order valence-corrected chi connectivity index (χ0v) is 10.9. The van der Waals surface area contributed by atoms with Crippen molar-refractivity contribution in [3.8, 4) is 0 Å². The molecule has 0 aliphatic carbocycles. The van der Waals surface area contributed by atoms with Crippen molar-refractivity contribution in [3.63, 3.8) is 0 Å². The number of β-amino-alcohol motifs (C(OH)–C–C–N with tert-alkyl or cyclic N) is 1. The number of halogens is 2. The van der Waals surface area contributed by atoms with Gasteiger partial charge in [0.1, 0.15) is 4.90 Å². The van der Waals surface area contributed by atoms with Crippen LogP contribution in [0.2, 0.25) is 5.02 Å². The quantitative estimate of drug-likeness (QED) is 0.791.